The molecule has 2 aromatic rings. The Morgan fingerprint density at radius 2 is 2.00 bits per heavy atom. The summed E-state index contributed by atoms with van der Waals surface area (Å²) in [6.45, 7) is 1.88. The summed E-state index contributed by atoms with van der Waals surface area (Å²) in [5, 5.41) is 11.9. The highest BCUT2D eigenvalue weighted by Gasteiger charge is 2.12. The van der Waals surface area contributed by atoms with Crippen LogP contribution in [0, 0.1) is 5.82 Å². The quantitative estimate of drug-likeness (QED) is 0.888. The highest BCUT2D eigenvalue weighted by atomic mass is 19.1. The molecule has 0 aliphatic rings. The summed E-state index contributed by atoms with van der Waals surface area (Å²) >= 11 is 0. The Labute approximate surface area is 110 Å². The number of benzene rings is 2. The van der Waals surface area contributed by atoms with Crippen molar-refractivity contribution in [2.75, 3.05) is 5.32 Å². The van der Waals surface area contributed by atoms with Gasteiger partial charge in [-0.2, -0.15) is 0 Å². The van der Waals surface area contributed by atoms with Crippen molar-refractivity contribution in [1.82, 2.24) is 0 Å². The standard InChI is InChI=1S/C15H14FNO2/c1-2-10-9-11(18)7-8-12(10)15(19)17-14-6-4-3-5-13(14)16/h3-9,18H,2H2,1H3,(H,17,19). The first-order chi connectivity index (χ1) is 9.11. The summed E-state index contributed by atoms with van der Waals surface area (Å²) in [7, 11) is 0. The number of amides is 1. The van der Waals surface area contributed by atoms with E-state index in [1.54, 1.807) is 12.1 Å². The molecule has 2 N–H and O–H groups in total. The van der Waals surface area contributed by atoms with Gasteiger partial charge >= 0.3 is 0 Å². The van der Waals surface area contributed by atoms with Crippen LogP contribution >= 0.6 is 0 Å². The number of hydrogen-bond acceptors (Lipinski definition) is 2. The molecule has 0 aromatic heterocycles. The number of para-hydroxylation sites is 1. The minimum atomic E-state index is -0.479. The maximum atomic E-state index is 13.5. The van der Waals surface area contributed by atoms with Gasteiger partial charge in [0.05, 0.1) is 5.69 Å². The molecule has 0 saturated carbocycles. The zero-order valence-corrected chi connectivity index (χ0v) is 10.5. The van der Waals surface area contributed by atoms with Gasteiger partial charge < -0.3 is 10.4 Å². The van der Waals surface area contributed by atoms with Crippen LogP contribution in [0.5, 0.6) is 5.75 Å². The molecule has 0 unspecified atom stereocenters. The van der Waals surface area contributed by atoms with Gasteiger partial charge in [0.25, 0.3) is 5.91 Å². The average Bonchev–Trinajstić information content (AvgIpc) is 2.41. The van der Waals surface area contributed by atoms with Gasteiger partial charge in [-0.25, -0.2) is 4.39 Å². The van der Waals surface area contributed by atoms with Crippen molar-refractivity contribution in [1.29, 1.82) is 0 Å². The number of halogens is 1. The van der Waals surface area contributed by atoms with Crippen LogP contribution in [-0.4, -0.2) is 11.0 Å². The molecule has 0 heterocycles. The van der Waals surface area contributed by atoms with E-state index in [2.05, 4.69) is 5.32 Å². The highest BCUT2D eigenvalue weighted by molar-refractivity contribution is 6.05. The fraction of sp³-hybridized carbons (Fsp3) is 0.133. The number of carbonyl (C=O) groups is 1. The van der Waals surface area contributed by atoms with E-state index < -0.39 is 5.82 Å². The van der Waals surface area contributed by atoms with Gasteiger partial charge in [0.15, 0.2) is 0 Å². The predicted octanol–water partition coefficient (Wildman–Crippen LogP) is 3.35. The first-order valence-electron chi connectivity index (χ1n) is 5.99. The molecule has 0 spiro atoms. The molecule has 0 atom stereocenters. The van der Waals surface area contributed by atoms with Crippen molar-refractivity contribution in [3.05, 3.63) is 59.4 Å². The lowest BCUT2D eigenvalue weighted by Crippen LogP contribution is -2.14. The van der Waals surface area contributed by atoms with E-state index in [4.69, 9.17) is 0 Å². The Hall–Kier alpha value is -2.36. The molecule has 2 aromatic carbocycles. The summed E-state index contributed by atoms with van der Waals surface area (Å²) in [6.07, 6.45) is 0.606. The number of aromatic hydroxyl groups is 1. The minimum absolute atomic E-state index is 0.110. The van der Waals surface area contributed by atoms with Gasteiger partial charge in [0.1, 0.15) is 11.6 Å². The van der Waals surface area contributed by atoms with Gasteiger partial charge in [0.2, 0.25) is 0 Å². The van der Waals surface area contributed by atoms with Crippen LogP contribution in [0.15, 0.2) is 42.5 Å². The van der Waals surface area contributed by atoms with Crippen molar-refractivity contribution in [2.24, 2.45) is 0 Å². The van der Waals surface area contributed by atoms with Crippen LogP contribution in [-0.2, 0) is 6.42 Å². The number of nitrogens with one attached hydrogen (secondary N) is 1. The normalized spacial score (nSPS) is 10.2. The average molecular weight is 259 g/mol. The van der Waals surface area contributed by atoms with Crippen LogP contribution < -0.4 is 5.32 Å². The maximum Gasteiger partial charge on any atom is 0.256 e. The molecule has 1 amide bonds. The third-order valence-electron chi connectivity index (χ3n) is 2.84. The fourth-order valence-corrected chi connectivity index (χ4v) is 1.85. The van der Waals surface area contributed by atoms with Crippen LogP contribution in [0.3, 0.4) is 0 Å². The van der Waals surface area contributed by atoms with E-state index in [1.165, 1.54) is 30.3 Å². The first kappa shape index (κ1) is 13.1. The third-order valence-corrected chi connectivity index (χ3v) is 2.84. The van der Waals surface area contributed by atoms with Crippen molar-refractivity contribution in [2.45, 2.75) is 13.3 Å². The van der Waals surface area contributed by atoms with E-state index in [0.29, 0.717) is 17.5 Å². The second-order valence-electron chi connectivity index (χ2n) is 4.13. The number of rotatable bonds is 3. The zero-order valence-electron chi connectivity index (χ0n) is 10.5. The number of aryl methyl sites for hydroxylation is 1. The molecular weight excluding hydrogens is 245 g/mol. The van der Waals surface area contributed by atoms with Crippen LogP contribution in [0.2, 0.25) is 0 Å². The van der Waals surface area contributed by atoms with E-state index in [1.807, 2.05) is 6.92 Å². The number of anilines is 1. The van der Waals surface area contributed by atoms with Crippen LogP contribution in [0.25, 0.3) is 0 Å². The Balaban J connectivity index is 2.28. The van der Waals surface area contributed by atoms with Gasteiger partial charge in [0, 0.05) is 5.56 Å². The maximum absolute atomic E-state index is 13.5. The summed E-state index contributed by atoms with van der Waals surface area (Å²) < 4.78 is 13.5. The largest absolute Gasteiger partial charge is 0.508 e. The molecule has 0 saturated heterocycles. The van der Waals surface area contributed by atoms with Gasteiger partial charge in [-0.05, 0) is 42.3 Å². The molecule has 19 heavy (non-hydrogen) atoms. The summed E-state index contributed by atoms with van der Waals surface area (Å²) in [5.41, 5.74) is 1.29. The molecule has 0 radical (unpaired) electrons. The summed E-state index contributed by atoms with van der Waals surface area (Å²) in [5.74, 6) is -0.756. The lowest BCUT2D eigenvalue weighted by Gasteiger charge is -2.10. The molecule has 0 aliphatic carbocycles. The molecule has 3 nitrogen and oxygen atoms in total. The Morgan fingerprint density at radius 3 is 2.68 bits per heavy atom. The fourth-order valence-electron chi connectivity index (χ4n) is 1.85. The third kappa shape index (κ3) is 2.91. The van der Waals surface area contributed by atoms with E-state index in [0.717, 1.165) is 0 Å². The lowest BCUT2D eigenvalue weighted by molar-refractivity contribution is 0.102. The van der Waals surface area contributed by atoms with E-state index in [9.17, 15) is 14.3 Å². The SMILES string of the molecule is CCc1cc(O)ccc1C(=O)Nc1ccccc1F. The first-order valence-corrected chi connectivity index (χ1v) is 5.99. The predicted molar refractivity (Wildman–Crippen MR) is 71.8 cm³/mol. The summed E-state index contributed by atoms with van der Waals surface area (Å²) in [4.78, 5) is 12.1. The zero-order chi connectivity index (χ0) is 13.8. The van der Waals surface area contributed by atoms with Crippen LogP contribution in [0.4, 0.5) is 10.1 Å². The van der Waals surface area contributed by atoms with Gasteiger partial charge in [-0.15, -0.1) is 0 Å². The number of carbonyl (C=O) groups excluding carboxylic acids is 1. The molecule has 2 rings (SSSR count). The second kappa shape index (κ2) is 5.52. The second-order valence-corrected chi connectivity index (χ2v) is 4.13. The smallest absolute Gasteiger partial charge is 0.256 e. The van der Waals surface area contributed by atoms with Crippen molar-refractivity contribution >= 4 is 11.6 Å². The van der Waals surface area contributed by atoms with Gasteiger partial charge in [-0.1, -0.05) is 19.1 Å². The van der Waals surface area contributed by atoms with E-state index >= 15 is 0 Å². The van der Waals surface area contributed by atoms with Crippen molar-refractivity contribution in [3.8, 4) is 5.75 Å². The molecule has 0 bridgehead atoms. The molecule has 0 fully saturated rings. The molecule has 4 heteroatoms. The van der Waals surface area contributed by atoms with Crippen molar-refractivity contribution in [3.63, 3.8) is 0 Å². The number of phenols is 1. The number of phenolic OH excluding ortho intramolecular Hbond substituents is 1. The molecule has 0 aliphatic heterocycles. The monoisotopic (exact) mass is 259 g/mol. The Kier molecular flexibility index (Phi) is 3.80. The Bertz CT molecular complexity index is 611. The topological polar surface area (TPSA) is 49.3 Å². The van der Waals surface area contributed by atoms with Crippen molar-refractivity contribution < 1.29 is 14.3 Å². The summed E-state index contributed by atoms with van der Waals surface area (Å²) in [6, 6.07) is 10.5. The molecular formula is C15H14FNO2. The Morgan fingerprint density at radius 1 is 1.26 bits per heavy atom. The molecule has 98 valence electrons. The van der Waals surface area contributed by atoms with Crippen LogP contribution in [0.1, 0.15) is 22.8 Å². The number of hydrogen-bond donors (Lipinski definition) is 2. The lowest BCUT2D eigenvalue weighted by atomic mass is 10.0. The van der Waals surface area contributed by atoms with Gasteiger partial charge in [-0.3, -0.25) is 4.79 Å². The van der Waals surface area contributed by atoms with E-state index in [-0.39, 0.29) is 17.3 Å². The highest BCUT2D eigenvalue weighted by Crippen LogP contribution is 2.20. The minimum Gasteiger partial charge on any atom is -0.508 e.